The van der Waals surface area contributed by atoms with E-state index in [0.717, 1.165) is 5.92 Å². The van der Waals surface area contributed by atoms with Gasteiger partial charge in [-0.3, -0.25) is 0 Å². The summed E-state index contributed by atoms with van der Waals surface area (Å²) in [4.78, 5) is 0. The van der Waals surface area contributed by atoms with E-state index in [-0.39, 0.29) is 31.6 Å². The number of fused-ring (bicyclic) bond motifs is 1. The fourth-order valence-corrected chi connectivity index (χ4v) is 4.54. The van der Waals surface area contributed by atoms with Crippen molar-refractivity contribution in [2.45, 2.75) is 64.7 Å². The summed E-state index contributed by atoms with van der Waals surface area (Å²) in [5, 5.41) is 0. The van der Waals surface area contributed by atoms with Crippen molar-refractivity contribution in [1.29, 1.82) is 0 Å². The molecule has 4 rings (SSSR count). The number of hydrogen-bond acceptors (Lipinski definition) is 0. The van der Waals surface area contributed by atoms with Gasteiger partial charge in [0.15, 0.2) is 0 Å². The molecule has 0 saturated heterocycles. The first-order valence-corrected chi connectivity index (χ1v) is 10.3. The van der Waals surface area contributed by atoms with Crippen LogP contribution in [-0.2, 0) is 31.6 Å². The molecule has 0 atom stereocenters. The van der Waals surface area contributed by atoms with Gasteiger partial charge in [-0.05, 0) is 45.6 Å². The van der Waals surface area contributed by atoms with Gasteiger partial charge < -0.3 is 0 Å². The van der Waals surface area contributed by atoms with Crippen molar-refractivity contribution < 1.29 is 26.2 Å². The van der Waals surface area contributed by atoms with Crippen LogP contribution in [0.25, 0.3) is 17.2 Å². The molecule has 0 unspecified atom stereocenters. The largest absolute Gasteiger partial charge is 0.0613 e. The summed E-state index contributed by atoms with van der Waals surface area (Å²) in [5.41, 5.74) is 8.66. The van der Waals surface area contributed by atoms with Crippen molar-refractivity contribution in [1.82, 2.24) is 0 Å². The molecule has 0 bridgehead atoms. The molecular formula is C26H31Zr. The molecule has 2 aliphatic rings. The van der Waals surface area contributed by atoms with Crippen molar-refractivity contribution in [2.75, 3.05) is 0 Å². The van der Waals surface area contributed by atoms with Crippen molar-refractivity contribution in [3.63, 3.8) is 0 Å². The zero-order chi connectivity index (χ0) is 18.1. The molecular weight excluding hydrogens is 404 g/mol. The van der Waals surface area contributed by atoms with Crippen LogP contribution in [0.15, 0.2) is 48.0 Å². The Hall–Kier alpha value is -0.937. The van der Waals surface area contributed by atoms with Crippen LogP contribution in [0.1, 0.15) is 76.0 Å². The average molecular weight is 435 g/mol. The van der Waals surface area contributed by atoms with E-state index in [1.165, 1.54) is 71.9 Å². The zero-order valence-electron chi connectivity index (χ0n) is 17.0. The minimum atomic E-state index is 0. The monoisotopic (exact) mass is 433 g/mol. The maximum Gasteiger partial charge on any atom is 0.0164 e. The van der Waals surface area contributed by atoms with Crippen molar-refractivity contribution >= 4 is 6.08 Å². The fraction of sp³-hybridized carbons (Fsp3) is 0.423. The molecule has 139 valence electrons. The van der Waals surface area contributed by atoms with E-state index in [2.05, 4.69) is 75.7 Å². The number of benzene rings is 2. The average Bonchev–Trinajstić information content (AvgIpc) is 3.04. The molecule has 0 N–H and O–H groups in total. The van der Waals surface area contributed by atoms with Crippen LogP contribution in [0, 0.1) is 12.3 Å². The Balaban J connectivity index is 0.00000210. The second-order valence-corrected chi connectivity index (χ2v) is 9.21. The van der Waals surface area contributed by atoms with Gasteiger partial charge in [0.25, 0.3) is 0 Å². The topological polar surface area (TPSA) is 0 Å². The molecule has 1 radical (unpaired) electrons. The van der Waals surface area contributed by atoms with Gasteiger partial charge in [0.05, 0.1) is 0 Å². The van der Waals surface area contributed by atoms with Crippen LogP contribution in [0.4, 0.5) is 0 Å². The van der Waals surface area contributed by atoms with Crippen LogP contribution < -0.4 is 0 Å². The van der Waals surface area contributed by atoms with Gasteiger partial charge in [-0.25, -0.2) is 0 Å². The third-order valence-electron chi connectivity index (χ3n) is 6.12. The van der Waals surface area contributed by atoms with E-state index in [9.17, 15) is 0 Å². The summed E-state index contributed by atoms with van der Waals surface area (Å²) in [6.07, 6.45) is 13.3. The van der Waals surface area contributed by atoms with Gasteiger partial charge in [-0.2, -0.15) is 0 Å². The van der Waals surface area contributed by atoms with Crippen LogP contribution >= 0.6 is 0 Å². The Morgan fingerprint density at radius 3 is 2.26 bits per heavy atom. The first kappa shape index (κ1) is 20.8. The maximum atomic E-state index is 2.46. The first-order valence-electron chi connectivity index (χ1n) is 10.3. The zero-order valence-corrected chi connectivity index (χ0v) is 19.5. The van der Waals surface area contributed by atoms with Crippen molar-refractivity contribution in [2.24, 2.45) is 5.92 Å². The normalized spacial score (nSPS) is 17.2. The molecule has 0 amide bonds. The van der Waals surface area contributed by atoms with E-state index in [1.54, 1.807) is 0 Å². The molecule has 27 heavy (non-hydrogen) atoms. The van der Waals surface area contributed by atoms with E-state index in [0.29, 0.717) is 0 Å². The molecule has 1 heteroatoms. The van der Waals surface area contributed by atoms with Gasteiger partial charge in [0.1, 0.15) is 0 Å². The van der Waals surface area contributed by atoms with Crippen LogP contribution in [-0.4, -0.2) is 0 Å². The molecule has 2 aliphatic carbocycles. The Kier molecular flexibility index (Phi) is 6.63. The summed E-state index contributed by atoms with van der Waals surface area (Å²) in [6, 6.07) is 15.9. The standard InChI is InChI=1S/C26H31.Zr/c1-26(2,3)23-14-12-21(13-15-23)24-11-7-10-22-17-20(18-25(22)24)16-19-8-5-4-6-9-19;/h7,10-15,17-19H,4-6,8-9,16H2,1-3H3;. The predicted octanol–water partition coefficient (Wildman–Crippen LogP) is 7.57. The SMILES string of the molecule is CC(C)(C)c1ccc(-c2cccc3c2C=C(CC2CCCCC2)[CH]3)cc1.[Zr]. The molecule has 0 nitrogen and oxygen atoms in total. The molecule has 0 aromatic heterocycles. The second-order valence-electron chi connectivity index (χ2n) is 9.21. The number of hydrogen-bond donors (Lipinski definition) is 0. The van der Waals surface area contributed by atoms with Crippen molar-refractivity contribution in [3.8, 4) is 11.1 Å². The second kappa shape index (κ2) is 8.61. The van der Waals surface area contributed by atoms with Crippen LogP contribution in [0.2, 0.25) is 0 Å². The molecule has 2 aromatic carbocycles. The summed E-state index contributed by atoms with van der Waals surface area (Å²) >= 11 is 0. The van der Waals surface area contributed by atoms with Crippen LogP contribution in [0.3, 0.4) is 0 Å². The molecule has 0 aliphatic heterocycles. The smallest absolute Gasteiger partial charge is 0.0164 e. The first-order chi connectivity index (χ1) is 12.5. The Morgan fingerprint density at radius 2 is 1.59 bits per heavy atom. The summed E-state index contributed by atoms with van der Waals surface area (Å²) < 4.78 is 0. The van der Waals surface area contributed by atoms with Gasteiger partial charge in [-0.15, -0.1) is 0 Å². The number of allylic oxidation sites excluding steroid dienone is 1. The summed E-state index contributed by atoms with van der Waals surface area (Å²) in [7, 11) is 0. The van der Waals surface area contributed by atoms with Gasteiger partial charge in [-0.1, -0.05) is 107 Å². The van der Waals surface area contributed by atoms with Crippen molar-refractivity contribution in [3.05, 3.63) is 71.1 Å². The quantitative estimate of drug-likeness (QED) is 0.467. The van der Waals surface area contributed by atoms with Gasteiger partial charge >= 0.3 is 0 Å². The Bertz CT molecular complexity index is 799. The summed E-state index contributed by atoms with van der Waals surface area (Å²) in [5.74, 6) is 0.898. The fourth-order valence-electron chi connectivity index (χ4n) is 4.54. The molecule has 0 spiro atoms. The van der Waals surface area contributed by atoms with E-state index >= 15 is 0 Å². The van der Waals surface area contributed by atoms with Gasteiger partial charge in [0.2, 0.25) is 0 Å². The molecule has 1 saturated carbocycles. The van der Waals surface area contributed by atoms with E-state index in [1.807, 2.05) is 0 Å². The Morgan fingerprint density at radius 1 is 0.889 bits per heavy atom. The van der Waals surface area contributed by atoms with E-state index < -0.39 is 0 Å². The summed E-state index contributed by atoms with van der Waals surface area (Å²) in [6.45, 7) is 6.83. The molecule has 0 heterocycles. The minimum absolute atomic E-state index is 0. The predicted molar refractivity (Wildman–Crippen MR) is 113 cm³/mol. The Labute approximate surface area is 184 Å². The third-order valence-corrected chi connectivity index (χ3v) is 6.12. The minimum Gasteiger partial charge on any atom is -0.0613 e. The number of rotatable bonds is 3. The molecule has 2 aromatic rings. The molecule has 1 fully saturated rings. The third kappa shape index (κ3) is 4.73. The maximum absolute atomic E-state index is 2.46. The van der Waals surface area contributed by atoms with E-state index in [4.69, 9.17) is 0 Å². The van der Waals surface area contributed by atoms with Crippen LogP contribution in [0.5, 0.6) is 0 Å². The van der Waals surface area contributed by atoms with Gasteiger partial charge in [0, 0.05) is 32.6 Å².